The summed E-state index contributed by atoms with van der Waals surface area (Å²) >= 11 is 0. The molecule has 0 radical (unpaired) electrons. The van der Waals surface area contributed by atoms with Gasteiger partial charge in [0.25, 0.3) is 0 Å². The molecule has 5 unspecified atom stereocenters. The van der Waals surface area contributed by atoms with Crippen molar-refractivity contribution in [3.63, 3.8) is 0 Å². The van der Waals surface area contributed by atoms with Crippen molar-refractivity contribution in [2.75, 3.05) is 0 Å². The van der Waals surface area contributed by atoms with Crippen molar-refractivity contribution in [3.05, 3.63) is 18.2 Å². The molecule has 1 aromatic heterocycles. The third-order valence-electron chi connectivity index (χ3n) is 5.36. The van der Waals surface area contributed by atoms with E-state index in [1.165, 1.54) is 12.5 Å². The Balaban J connectivity index is 2.97. The molecule has 1 rings (SSSR count). The van der Waals surface area contributed by atoms with E-state index in [-0.39, 0.29) is 12.3 Å². The number of nitrogens with one attached hydrogen (secondary N) is 4. The maximum Gasteiger partial charge on any atom is 0.326 e. The van der Waals surface area contributed by atoms with Gasteiger partial charge < -0.3 is 36.9 Å². The van der Waals surface area contributed by atoms with Crippen molar-refractivity contribution in [1.29, 1.82) is 0 Å². The predicted octanol–water partition coefficient (Wildman–Crippen LogP) is -1.00. The molecular weight excluding hydrogens is 448 g/mol. The monoisotopic (exact) mass is 482 g/mol. The van der Waals surface area contributed by atoms with Gasteiger partial charge in [-0.05, 0) is 11.8 Å². The van der Waals surface area contributed by atoms with Gasteiger partial charge in [-0.3, -0.25) is 19.2 Å². The molecule has 5 atom stereocenters. The van der Waals surface area contributed by atoms with Gasteiger partial charge in [-0.1, -0.05) is 34.1 Å². The minimum absolute atomic E-state index is 0.0333. The van der Waals surface area contributed by atoms with Gasteiger partial charge in [0.15, 0.2) is 0 Å². The Morgan fingerprint density at radius 3 is 2.06 bits per heavy atom. The van der Waals surface area contributed by atoms with E-state index in [1.807, 2.05) is 6.92 Å². The van der Waals surface area contributed by atoms with E-state index < -0.39 is 66.2 Å². The third kappa shape index (κ3) is 8.81. The third-order valence-corrected chi connectivity index (χ3v) is 5.36. The van der Waals surface area contributed by atoms with E-state index in [0.717, 1.165) is 0 Å². The zero-order valence-corrected chi connectivity index (χ0v) is 19.7. The summed E-state index contributed by atoms with van der Waals surface area (Å²) in [5, 5.41) is 25.8. The molecule has 0 aliphatic carbocycles. The fourth-order valence-corrected chi connectivity index (χ4v) is 3.10. The van der Waals surface area contributed by atoms with Gasteiger partial charge >= 0.3 is 11.9 Å². The summed E-state index contributed by atoms with van der Waals surface area (Å²) in [5.74, 6) is -5.46. The van der Waals surface area contributed by atoms with Gasteiger partial charge in [-0.2, -0.15) is 0 Å². The van der Waals surface area contributed by atoms with Gasteiger partial charge in [0.1, 0.15) is 18.1 Å². The molecule has 190 valence electrons. The molecule has 1 heterocycles. The van der Waals surface area contributed by atoms with Crippen LogP contribution in [0.2, 0.25) is 0 Å². The van der Waals surface area contributed by atoms with Crippen LogP contribution in [0.25, 0.3) is 0 Å². The van der Waals surface area contributed by atoms with Crippen molar-refractivity contribution in [1.82, 2.24) is 25.9 Å². The second-order valence-electron chi connectivity index (χ2n) is 8.49. The van der Waals surface area contributed by atoms with E-state index in [1.54, 1.807) is 20.8 Å². The van der Waals surface area contributed by atoms with E-state index in [0.29, 0.717) is 12.1 Å². The van der Waals surface area contributed by atoms with Crippen LogP contribution in [0.4, 0.5) is 0 Å². The topological polar surface area (TPSA) is 217 Å². The molecule has 0 spiro atoms. The first-order valence-electron chi connectivity index (χ1n) is 11.0. The van der Waals surface area contributed by atoms with Crippen LogP contribution in [0.15, 0.2) is 12.5 Å². The Bertz CT molecular complexity index is 858. The first-order chi connectivity index (χ1) is 15.9. The molecule has 3 amide bonds. The molecule has 0 fully saturated rings. The van der Waals surface area contributed by atoms with Crippen LogP contribution < -0.4 is 21.7 Å². The summed E-state index contributed by atoms with van der Waals surface area (Å²) in [4.78, 5) is 67.3. The summed E-state index contributed by atoms with van der Waals surface area (Å²) in [6.07, 6.45) is 2.69. The lowest BCUT2D eigenvalue weighted by Gasteiger charge is -2.29. The lowest BCUT2D eigenvalue weighted by molar-refractivity contribution is -0.142. The average Bonchev–Trinajstić information content (AvgIpc) is 3.26. The number of carbonyl (C=O) groups is 5. The summed E-state index contributed by atoms with van der Waals surface area (Å²) in [5.41, 5.74) is 6.08. The predicted molar refractivity (Wildman–Crippen MR) is 120 cm³/mol. The Morgan fingerprint density at radius 1 is 1.00 bits per heavy atom. The van der Waals surface area contributed by atoms with Gasteiger partial charge in [0.2, 0.25) is 17.7 Å². The van der Waals surface area contributed by atoms with Crippen LogP contribution in [-0.2, 0) is 30.4 Å². The van der Waals surface area contributed by atoms with Gasteiger partial charge in [0.05, 0.1) is 18.8 Å². The van der Waals surface area contributed by atoms with Crippen LogP contribution in [0.3, 0.4) is 0 Å². The second kappa shape index (κ2) is 13.3. The summed E-state index contributed by atoms with van der Waals surface area (Å²) < 4.78 is 0. The number of H-pyrrole nitrogens is 1. The second-order valence-corrected chi connectivity index (χ2v) is 8.49. The zero-order chi connectivity index (χ0) is 26.0. The number of imidazole rings is 1. The van der Waals surface area contributed by atoms with Crippen LogP contribution in [0, 0.1) is 11.8 Å². The Morgan fingerprint density at radius 2 is 1.59 bits per heavy atom. The number of aromatic nitrogens is 2. The minimum Gasteiger partial charge on any atom is -0.481 e. The van der Waals surface area contributed by atoms with Crippen molar-refractivity contribution >= 4 is 29.7 Å². The Kier molecular flexibility index (Phi) is 11.2. The molecule has 0 aliphatic heterocycles. The summed E-state index contributed by atoms with van der Waals surface area (Å²) in [6.45, 7) is 6.86. The quantitative estimate of drug-likeness (QED) is 0.173. The minimum atomic E-state index is -1.35. The molecule has 8 N–H and O–H groups in total. The normalized spacial score (nSPS) is 15.5. The van der Waals surface area contributed by atoms with Crippen LogP contribution in [-0.4, -0.2) is 74.0 Å². The highest BCUT2D eigenvalue weighted by molar-refractivity contribution is 5.95. The standard InChI is InChI=1S/C21H34N6O7/c1-5-11(4)17(20(32)25-14(21(33)34)6-12-8-23-9-24-12)27-19(31)16(10(2)3)26-18(30)13(22)7-15(28)29/h8-11,13-14,16-17H,5-7,22H2,1-4H3,(H,23,24)(H,25,32)(H,26,30)(H,27,31)(H,28,29)(H,33,34). The molecule has 1 aromatic rings. The number of nitrogens with zero attached hydrogens (tertiary/aromatic N) is 1. The highest BCUT2D eigenvalue weighted by Crippen LogP contribution is 2.11. The lowest BCUT2D eigenvalue weighted by Crippen LogP contribution is -2.60. The van der Waals surface area contributed by atoms with Crippen LogP contribution in [0.1, 0.15) is 46.2 Å². The SMILES string of the molecule is CCC(C)C(NC(=O)C(NC(=O)C(N)CC(=O)O)C(C)C)C(=O)NC(Cc1cnc[nH]1)C(=O)O. The number of hydrogen-bond acceptors (Lipinski definition) is 7. The molecular formula is C21H34N6O7. The molecule has 0 saturated heterocycles. The number of aliphatic carboxylic acids is 2. The molecule has 34 heavy (non-hydrogen) atoms. The van der Waals surface area contributed by atoms with E-state index in [4.69, 9.17) is 10.8 Å². The van der Waals surface area contributed by atoms with Gasteiger partial charge in [-0.25, -0.2) is 9.78 Å². The molecule has 13 heteroatoms. The molecule has 0 aromatic carbocycles. The maximum absolute atomic E-state index is 13.0. The van der Waals surface area contributed by atoms with E-state index >= 15 is 0 Å². The fourth-order valence-electron chi connectivity index (χ4n) is 3.10. The van der Waals surface area contributed by atoms with Gasteiger partial charge in [-0.15, -0.1) is 0 Å². The van der Waals surface area contributed by atoms with Gasteiger partial charge in [0, 0.05) is 18.3 Å². The first kappa shape index (κ1) is 28.6. The number of amides is 3. The Hall–Kier alpha value is -3.48. The summed E-state index contributed by atoms with van der Waals surface area (Å²) in [6, 6.07) is -4.77. The number of carboxylic acid groups (broad SMARTS) is 2. The zero-order valence-electron chi connectivity index (χ0n) is 19.7. The van der Waals surface area contributed by atoms with E-state index in [9.17, 15) is 29.1 Å². The number of nitrogens with two attached hydrogens (primary N) is 1. The number of hydrogen-bond donors (Lipinski definition) is 7. The van der Waals surface area contributed by atoms with Crippen molar-refractivity contribution < 1.29 is 34.2 Å². The van der Waals surface area contributed by atoms with Crippen LogP contribution >= 0.6 is 0 Å². The smallest absolute Gasteiger partial charge is 0.326 e. The summed E-state index contributed by atoms with van der Waals surface area (Å²) in [7, 11) is 0. The number of carbonyl (C=O) groups excluding carboxylic acids is 3. The largest absolute Gasteiger partial charge is 0.481 e. The number of aromatic amines is 1. The maximum atomic E-state index is 13.0. The Labute approximate surface area is 197 Å². The highest BCUT2D eigenvalue weighted by Gasteiger charge is 2.34. The number of carboxylic acids is 2. The lowest BCUT2D eigenvalue weighted by atomic mass is 9.96. The van der Waals surface area contributed by atoms with Crippen molar-refractivity contribution in [3.8, 4) is 0 Å². The number of rotatable bonds is 14. The first-order valence-corrected chi connectivity index (χ1v) is 11.0. The van der Waals surface area contributed by atoms with E-state index in [2.05, 4.69) is 25.9 Å². The molecule has 0 bridgehead atoms. The molecule has 0 aliphatic rings. The van der Waals surface area contributed by atoms with Crippen LogP contribution in [0.5, 0.6) is 0 Å². The van der Waals surface area contributed by atoms with Crippen molar-refractivity contribution in [2.24, 2.45) is 17.6 Å². The molecule has 13 nitrogen and oxygen atoms in total. The fraction of sp³-hybridized carbons (Fsp3) is 0.619. The highest BCUT2D eigenvalue weighted by atomic mass is 16.4. The average molecular weight is 483 g/mol. The molecule has 0 saturated carbocycles. The van der Waals surface area contributed by atoms with Crippen molar-refractivity contribution in [2.45, 2.75) is 71.1 Å².